The average molecular weight is 277 g/mol. The van der Waals surface area contributed by atoms with Gasteiger partial charge in [-0.3, -0.25) is 14.7 Å². The minimum absolute atomic E-state index is 0.0196. The van der Waals surface area contributed by atoms with Crippen LogP contribution in [0.1, 0.15) is 45.5 Å². The summed E-state index contributed by atoms with van der Waals surface area (Å²) in [7, 11) is 0. The first-order chi connectivity index (χ1) is 9.02. The molecule has 2 heterocycles. The monoisotopic (exact) mass is 277 g/mol. The topological polar surface area (TPSA) is 88.8 Å². The fourth-order valence-corrected chi connectivity index (χ4v) is 3.03. The van der Waals surface area contributed by atoms with Gasteiger partial charge in [0.15, 0.2) is 5.78 Å². The zero-order valence-electron chi connectivity index (χ0n) is 10.7. The number of carbonyl (C=O) groups excluding carboxylic acids is 2. The molecule has 0 bridgehead atoms. The summed E-state index contributed by atoms with van der Waals surface area (Å²) in [5, 5.41) is 8.26. The van der Waals surface area contributed by atoms with Crippen molar-refractivity contribution in [2.45, 2.75) is 19.8 Å². The van der Waals surface area contributed by atoms with E-state index < -0.39 is 5.91 Å². The van der Waals surface area contributed by atoms with Crippen LogP contribution in [-0.2, 0) is 0 Å². The van der Waals surface area contributed by atoms with Gasteiger partial charge in [-0.1, -0.05) is 13.8 Å². The summed E-state index contributed by atoms with van der Waals surface area (Å²) in [4.78, 5) is 24.4. The van der Waals surface area contributed by atoms with E-state index in [0.29, 0.717) is 11.3 Å². The lowest BCUT2D eigenvalue weighted by Gasteiger charge is -2.18. The number of nitrogens with one attached hydrogen (secondary N) is 1. The maximum atomic E-state index is 12.2. The Morgan fingerprint density at radius 1 is 1.37 bits per heavy atom. The van der Waals surface area contributed by atoms with Gasteiger partial charge in [0.25, 0.3) is 0 Å². The lowest BCUT2D eigenvalue weighted by Crippen LogP contribution is -2.20. The molecule has 100 valence electrons. The molecule has 0 fully saturated rings. The van der Waals surface area contributed by atoms with Crippen molar-refractivity contribution in [2.75, 3.05) is 0 Å². The van der Waals surface area contributed by atoms with Crippen LogP contribution >= 0.6 is 11.3 Å². The smallest absolute Gasteiger partial charge is 0.249 e. The summed E-state index contributed by atoms with van der Waals surface area (Å²) in [6, 6.07) is 3.35. The molecule has 0 aliphatic rings. The number of carbonyl (C=O) groups is 2. The van der Waals surface area contributed by atoms with Crippen LogP contribution in [0.15, 0.2) is 23.7 Å². The number of primary amides is 1. The molecule has 2 unspecified atom stereocenters. The molecule has 19 heavy (non-hydrogen) atoms. The van der Waals surface area contributed by atoms with Gasteiger partial charge in [0, 0.05) is 22.9 Å². The molecule has 2 atom stereocenters. The fraction of sp³-hybridized carbons (Fsp3) is 0.308. The molecule has 6 heteroatoms. The zero-order valence-corrected chi connectivity index (χ0v) is 11.5. The van der Waals surface area contributed by atoms with Crippen molar-refractivity contribution < 1.29 is 9.59 Å². The highest BCUT2D eigenvalue weighted by atomic mass is 32.1. The first-order valence-corrected chi connectivity index (χ1v) is 6.81. The Morgan fingerprint density at radius 2 is 2.11 bits per heavy atom. The van der Waals surface area contributed by atoms with E-state index in [1.165, 1.54) is 11.3 Å². The highest BCUT2D eigenvalue weighted by molar-refractivity contribution is 7.10. The third-order valence-corrected chi connectivity index (χ3v) is 4.42. The second-order valence-electron chi connectivity index (χ2n) is 4.47. The molecule has 2 aromatic heterocycles. The van der Waals surface area contributed by atoms with Crippen LogP contribution in [0.5, 0.6) is 0 Å². The quantitative estimate of drug-likeness (QED) is 0.821. The van der Waals surface area contributed by atoms with E-state index in [1.54, 1.807) is 18.3 Å². The molecule has 0 saturated carbocycles. The Bertz CT molecular complexity index is 589. The Balaban J connectivity index is 2.24. The van der Waals surface area contributed by atoms with Crippen LogP contribution < -0.4 is 5.73 Å². The number of nitrogens with zero attached hydrogens (tertiary/aromatic N) is 1. The molecule has 2 rings (SSSR count). The number of hydrogen-bond acceptors (Lipinski definition) is 4. The number of aromatic nitrogens is 2. The predicted molar refractivity (Wildman–Crippen MR) is 73.3 cm³/mol. The Labute approximate surface area is 114 Å². The molecular weight excluding hydrogens is 262 g/mol. The number of Topliss-reactive ketones (excluding diaryl/α,β-unsaturated/α-hetero) is 1. The van der Waals surface area contributed by atoms with Gasteiger partial charge in [-0.25, -0.2) is 0 Å². The molecule has 3 N–H and O–H groups in total. The van der Waals surface area contributed by atoms with Crippen molar-refractivity contribution in [3.05, 3.63) is 39.8 Å². The van der Waals surface area contributed by atoms with Crippen LogP contribution in [0.2, 0.25) is 0 Å². The lowest BCUT2D eigenvalue weighted by atomic mass is 9.88. The summed E-state index contributed by atoms with van der Waals surface area (Å²) < 4.78 is 0. The number of ketones is 1. The standard InChI is InChI=1S/C13H15N3O2S/c1-7(11(17)10-3-5-15-16-10)8(2)12-9(13(14)18)4-6-19-12/h3-8H,1-2H3,(H2,14,18)(H,15,16). The summed E-state index contributed by atoms with van der Waals surface area (Å²) in [6.45, 7) is 3.77. The Morgan fingerprint density at radius 3 is 2.68 bits per heavy atom. The molecule has 2 aromatic rings. The highest BCUT2D eigenvalue weighted by Gasteiger charge is 2.27. The minimum atomic E-state index is -0.454. The molecule has 0 aliphatic heterocycles. The molecule has 0 saturated heterocycles. The van der Waals surface area contributed by atoms with E-state index in [2.05, 4.69) is 10.2 Å². The average Bonchev–Trinajstić information content (AvgIpc) is 3.06. The van der Waals surface area contributed by atoms with Crippen LogP contribution in [0.25, 0.3) is 0 Å². The van der Waals surface area contributed by atoms with Gasteiger partial charge in [-0.05, 0) is 17.5 Å². The van der Waals surface area contributed by atoms with Gasteiger partial charge in [0.1, 0.15) is 5.69 Å². The van der Waals surface area contributed by atoms with Crippen molar-refractivity contribution in [1.82, 2.24) is 10.2 Å². The molecular formula is C13H15N3O2S. The molecule has 0 radical (unpaired) electrons. The van der Waals surface area contributed by atoms with Gasteiger partial charge < -0.3 is 5.73 Å². The van der Waals surface area contributed by atoms with E-state index in [4.69, 9.17) is 5.73 Å². The number of nitrogens with two attached hydrogens (primary N) is 1. The maximum absolute atomic E-state index is 12.2. The third-order valence-electron chi connectivity index (χ3n) is 3.30. The fourth-order valence-electron chi connectivity index (χ4n) is 1.97. The van der Waals surface area contributed by atoms with Gasteiger partial charge in [-0.15, -0.1) is 11.3 Å². The van der Waals surface area contributed by atoms with Gasteiger partial charge >= 0.3 is 0 Å². The predicted octanol–water partition coefficient (Wildman–Crippen LogP) is 2.19. The van der Waals surface area contributed by atoms with Crippen molar-refractivity contribution in [3.8, 4) is 0 Å². The Kier molecular flexibility index (Phi) is 3.80. The number of rotatable bonds is 5. The Hall–Kier alpha value is -1.95. The van der Waals surface area contributed by atoms with E-state index in [0.717, 1.165) is 4.88 Å². The van der Waals surface area contributed by atoms with E-state index >= 15 is 0 Å². The van der Waals surface area contributed by atoms with Gasteiger partial charge in [-0.2, -0.15) is 5.10 Å². The zero-order chi connectivity index (χ0) is 14.0. The molecule has 1 amide bonds. The highest BCUT2D eigenvalue weighted by Crippen LogP contribution is 2.32. The van der Waals surface area contributed by atoms with Crippen LogP contribution in [0.4, 0.5) is 0 Å². The summed E-state index contributed by atoms with van der Waals surface area (Å²) >= 11 is 1.45. The van der Waals surface area contributed by atoms with Crippen LogP contribution in [-0.4, -0.2) is 21.9 Å². The molecule has 0 aromatic carbocycles. The molecule has 5 nitrogen and oxygen atoms in total. The normalized spacial score (nSPS) is 14.0. The first-order valence-electron chi connectivity index (χ1n) is 5.93. The number of H-pyrrole nitrogens is 1. The second kappa shape index (κ2) is 5.36. The number of aromatic amines is 1. The SMILES string of the molecule is CC(C(=O)c1ccn[nH]1)C(C)c1sccc1C(N)=O. The van der Waals surface area contributed by atoms with Crippen molar-refractivity contribution >= 4 is 23.0 Å². The maximum Gasteiger partial charge on any atom is 0.249 e. The van der Waals surface area contributed by atoms with E-state index in [-0.39, 0.29) is 17.6 Å². The number of amides is 1. The van der Waals surface area contributed by atoms with Crippen LogP contribution in [0, 0.1) is 5.92 Å². The van der Waals surface area contributed by atoms with Crippen molar-refractivity contribution in [2.24, 2.45) is 11.7 Å². The van der Waals surface area contributed by atoms with Crippen LogP contribution in [0.3, 0.4) is 0 Å². The number of hydrogen-bond donors (Lipinski definition) is 2. The van der Waals surface area contributed by atoms with Crippen molar-refractivity contribution in [3.63, 3.8) is 0 Å². The van der Waals surface area contributed by atoms with Crippen molar-refractivity contribution in [1.29, 1.82) is 0 Å². The summed E-state index contributed by atoms with van der Waals surface area (Å²) in [5.41, 5.74) is 6.32. The second-order valence-corrected chi connectivity index (χ2v) is 5.42. The van der Waals surface area contributed by atoms with Gasteiger partial charge in [0.05, 0.1) is 5.56 Å². The minimum Gasteiger partial charge on any atom is -0.366 e. The third kappa shape index (κ3) is 2.58. The summed E-state index contributed by atoms with van der Waals surface area (Å²) in [6.07, 6.45) is 1.55. The largest absolute Gasteiger partial charge is 0.366 e. The van der Waals surface area contributed by atoms with E-state index in [9.17, 15) is 9.59 Å². The van der Waals surface area contributed by atoms with E-state index in [1.807, 2.05) is 19.2 Å². The first kappa shape index (κ1) is 13.5. The molecule has 0 aliphatic carbocycles. The molecule has 0 spiro atoms. The van der Waals surface area contributed by atoms with Gasteiger partial charge in [0.2, 0.25) is 5.91 Å². The number of thiophene rings is 1. The lowest BCUT2D eigenvalue weighted by molar-refractivity contribution is 0.0907. The summed E-state index contributed by atoms with van der Waals surface area (Å²) in [5.74, 6) is -0.798.